The van der Waals surface area contributed by atoms with Crippen LogP contribution in [0, 0.1) is 19.7 Å². The van der Waals surface area contributed by atoms with Crippen molar-refractivity contribution >= 4 is 11.6 Å². The molecule has 0 aliphatic heterocycles. The van der Waals surface area contributed by atoms with E-state index in [1.54, 1.807) is 0 Å². The van der Waals surface area contributed by atoms with Crippen LogP contribution in [-0.2, 0) is 6.54 Å². The first-order valence-electron chi connectivity index (χ1n) is 5.78. The lowest BCUT2D eigenvalue weighted by atomic mass is 9.95. The largest absolute Gasteiger partial charge is 0.326 e. The maximum atomic E-state index is 13.3. The molecular weight excluding hydrogens is 249 g/mol. The van der Waals surface area contributed by atoms with E-state index in [4.69, 9.17) is 17.3 Å². The third-order valence-electron chi connectivity index (χ3n) is 3.06. The van der Waals surface area contributed by atoms with E-state index in [0.29, 0.717) is 11.6 Å². The number of aryl methyl sites for hydroxylation is 2. The molecule has 3 heteroatoms. The van der Waals surface area contributed by atoms with Crippen LogP contribution in [0.25, 0.3) is 11.1 Å². The first-order chi connectivity index (χ1) is 8.52. The van der Waals surface area contributed by atoms with Crippen molar-refractivity contribution in [2.45, 2.75) is 20.4 Å². The van der Waals surface area contributed by atoms with Gasteiger partial charge in [0, 0.05) is 11.6 Å². The highest BCUT2D eigenvalue weighted by Crippen LogP contribution is 2.31. The zero-order valence-corrected chi connectivity index (χ0v) is 11.2. The summed E-state index contributed by atoms with van der Waals surface area (Å²) in [5.41, 5.74) is 10.3. The van der Waals surface area contributed by atoms with E-state index in [-0.39, 0.29) is 5.82 Å². The molecular formula is C15H15ClFN. The second kappa shape index (κ2) is 5.09. The monoisotopic (exact) mass is 263 g/mol. The van der Waals surface area contributed by atoms with E-state index < -0.39 is 0 Å². The maximum absolute atomic E-state index is 13.3. The summed E-state index contributed by atoms with van der Waals surface area (Å²) in [7, 11) is 0. The van der Waals surface area contributed by atoms with Crippen LogP contribution < -0.4 is 5.73 Å². The number of nitrogens with two attached hydrogens (primary N) is 1. The van der Waals surface area contributed by atoms with Gasteiger partial charge in [-0.15, -0.1) is 0 Å². The molecule has 0 heterocycles. The standard InChI is InChI=1S/C15H15ClFN/c1-9-5-13(17)6-10(2)15(9)11-3-4-12(8-18)14(16)7-11/h3-7H,8,18H2,1-2H3. The normalized spacial score (nSPS) is 10.7. The van der Waals surface area contributed by atoms with E-state index in [1.165, 1.54) is 12.1 Å². The Morgan fingerprint density at radius 1 is 1.11 bits per heavy atom. The molecule has 1 nitrogen and oxygen atoms in total. The third kappa shape index (κ3) is 2.40. The van der Waals surface area contributed by atoms with Crippen LogP contribution >= 0.6 is 11.6 Å². The van der Waals surface area contributed by atoms with Crippen LogP contribution in [0.4, 0.5) is 4.39 Å². The molecule has 0 radical (unpaired) electrons. The maximum Gasteiger partial charge on any atom is 0.123 e. The Hall–Kier alpha value is -1.38. The zero-order valence-electron chi connectivity index (χ0n) is 10.4. The number of halogens is 2. The van der Waals surface area contributed by atoms with Crippen LogP contribution in [0.2, 0.25) is 5.02 Å². The second-order valence-corrected chi connectivity index (χ2v) is 4.83. The number of rotatable bonds is 2. The van der Waals surface area contributed by atoms with E-state index in [9.17, 15) is 4.39 Å². The lowest BCUT2D eigenvalue weighted by molar-refractivity contribution is 0.625. The fourth-order valence-corrected chi connectivity index (χ4v) is 2.49. The molecule has 2 aromatic rings. The molecule has 0 unspecified atom stereocenters. The van der Waals surface area contributed by atoms with Crippen molar-refractivity contribution < 1.29 is 4.39 Å². The minimum Gasteiger partial charge on any atom is -0.326 e. The fourth-order valence-electron chi connectivity index (χ4n) is 2.23. The molecule has 94 valence electrons. The van der Waals surface area contributed by atoms with E-state index in [2.05, 4.69) is 0 Å². The van der Waals surface area contributed by atoms with Crippen LogP contribution in [-0.4, -0.2) is 0 Å². The lowest BCUT2D eigenvalue weighted by Crippen LogP contribution is -1.97. The molecule has 0 aromatic heterocycles. The van der Waals surface area contributed by atoms with Gasteiger partial charge in [-0.05, 0) is 59.9 Å². The van der Waals surface area contributed by atoms with Crippen LogP contribution in [0.1, 0.15) is 16.7 Å². The van der Waals surface area contributed by atoms with Gasteiger partial charge in [-0.1, -0.05) is 23.7 Å². The van der Waals surface area contributed by atoms with Crippen LogP contribution in [0.15, 0.2) is 30.3 Å². The average Bonchev–Trinajstić information content (AvgIpc) is 2.27. The molecule has 0 amide bonds. The molecule has 0 saturated carbocycles. The van der Waals surface area contributed by atoms with Crippen molar-refractivity contribution in [2.75, 3.05) is 0 Å². The Labute approximate surface area is 111 Å². The summed E-state index contributed by atoms with van der Waals surface area (Å²) in [6.45, 7) is 4.22. The van der Waals surface area contributed by atoms with E-state index in [1.807, 2.05) is 32.0 Å². The van der Waals surface area contributed by atoms with Gasteiger partial charge in [0.1, 0.15) is 5.82 Å². The molecule has 2 aromatic carbocycles. The number of hydrogen-bond donors (Lipinski definition) is 1. The van der Waals surface area contributed by atoms with Crippen molar-refractivity contribution in [3.05, 3.63) is 57.9 Å². The van der Waals surface area contributed by atoms with E-state index in [0.717, 1.165) is 27.8 Å². The topological polar surface area (TPSA) is 26.0 Å². The quantitative estimate of drug-likeness (QED) is 0.862. The minimum absolute atomic E-state index is 0.210. The summed E-state index contributed by atoms with van der Waals surface area (Å²) in [5.74, 6) is -0.210. The highest BCUT2D eigenvalue weighted by molar-refractivity contribution is 6.31. The molecule has 2 N–H and O–H groups in total. The van der Waals surface area contributed by atoms with Gasteiger partial charge in [-0.2, -0.15) is 0 Å². The second-order valence-electron chi connectivity index (χ2n) is 4.42. The minimum atomic E-state index is -0.210. The molecule has 0 aliphatic rings. The summed E-state index contributed by atoms with van der Waals surface area (Å²) >= 11 is 6.16. The Bertz CT molecular complexity index is 570. The van der Waals surface area contributed by atoms with Gasteiger partial charge in [-0.25, -0.2) is 4.39 Å². The van der Waals surface area contributed by atoms with Gasteiger partial charge in [0.05, 0.1) is 0 Å². The van der Waals surface area contributed by atoms with Gasteiger partial charge in [-0.3, -0.25) is 0 Å². The van der Waals surface area contributed by atoms with Crippen LogP contribution in [0.5, 0.6) is 0 Å². The van der Waals surface area contributed by atoms with Crippen molar-refractivity contribution in [3.63, 3.8) is 0 Å². The summed E-state index contributed by atoms with van der Waals surface area (Å²) < 4.78 is 13.3. The summed E-state index contributed by atoms with van der Waals surface area (Å²) in [6.07, 6.45) is 0. The first kappa shape index (κ1) is 13.1. The molecule has 0 aliphatic carbocycles. The summed E-state index contributed by atoms with van der Waals surface area (Å²) in [5, 5.41) is 0.651. The number of hydrogen-bond acceptors (Lipinski definition) is 1. The Kier molecular flexibility index (Phi) is 3.69. The molecule has 0 atom stereocenters. The van der Waals surface area contributed by atoms with Crippen LogP contribution in [0.3, 0.4) is 0 Å². The predicted octanol–water partition coefficient (Wildman–Crippen LogP) is 4.22. The Morgan fingerprint density at radius 3 is 2.22 bits per heavy atom. The summed E-state index contributed by atoms with van der Waals surface area (Å²) in [6, 6.07) is 8.85. The Balaban J connectivity index is 2.59. The van der Waals surface area contributed by atoms with Crippen molar-refractivity contribution in [1.82, 2.24) is 0 Å². The SMILES string of the molecule is Cc1cc(F)cc(C)c1-c1ccc(CN)c(Cl)c1. The van der Waals surface area contributed by atoms with E-state index >= 15 is 0 Å². The number of benzene rings is 2. The van der Waals surface area contributed by atoms with Gasteiger partial charge in [0.2, 0.25) is 0 Å². The molecule has 0 bridgehead atoms. The molecule has 2 rings (SSSR count). The lowest BCUT2D eigenvalue weighted by Gasteiger charge is -2.12. The molecule has 0 saturated heterocycles. The van der Waals surface area contributed by atoms with Gasteiger partial charge >= 0.3 is 0 Å². The highest BCUT2D eigenvalue weighted by atomic mass is 35.5. The third-order valence-corrected chi connectivity index (χ3v) is 3.41. The smallest absolute Gasteiger partial charge is 0.123 e. The average molecular weight is 264 g/mol. The van der Waals surface area contributed by atoms with Crippen molar-refractivity contribution in [1.29, 1.82) is 0 Å². The fraction of sp³-hybridized carbons (Fsp3) is 0.200. The molecule has 18 heavy (non-hydrogen) atoms. The molecule has 0 spiro atoms. The van der Waals surface area contributed by atoms with Gasteiger partial charge in [0.25, 0.3) is 0 Å². The first-order valence-corrected chi connectivity index (χ1v) is 6.16. The van der Waals surface area contributed by atoms with Gasteiger partial charge in [0.15, 0.2) is 0 Å². The Morgan fingerprint density at radius 2 is 1.72 bits per heavy atom. The molecule has 0 fully saturated rings. The highest BCUT2D eigenvalue weighted by Gasteiger charge is 2.09. The van der Waals surface area contributed by atoms with Crippen molar-refractivity contribution in [3.8, 4) is 11.1 Å². The summed E-state index contributed by atoms with van der Waals surface area (Å²) in [4.78, 5) is 0. The van der Waals surface area contributed by atoms with Crippen molar-refractivity contribution in [2.24, 2.45) is 5.73 Å². The zero-order chi connectivity index (χ0) is 13.3. The predicted molar refractivity (Wildman–Crippen MR) is 74.2 cm³/mol. The van der Waals surface area contributed by atoms with Gasteiger partial charge < -0.3 is 5.73 Å².